The van der Waals surface area contributed by atoms with Gasteiger partial charge in [-0.2, -0.15) is 0 Å². The van der Waals surface area contributed by atoms with Gasteiger partial charge in [0.1, 0.15) is 0 Å². The van der Waals surface area contributed by atoms with E-state index in [4.69, 9.17) is 9.84 Å². The molecule has 0 aliphatic carbocycles. The van der Waals surface area contributed by atoms with Gasteiger partial charge in [0.05, 0.1) is 6.61 Å². The fraction of sp³-hybridized carbons (Fsp3) is 0.909. The molecular formula is C22H42O4. The second kappa shape index (κ2) is 18.7. The van der Waals surface area contributed by atoms with Crippen molar-refractivity contribution in [1.82, 2.24) is 0 Å². The first-order valence-corrected chi connectivity index (χ1v) is 11.0. The molecular weight excluding hydrogens is 328 g/mol. The molecule has 0 rings (SSSR count). The van der Waals surface area contributed by atoms with Crippen LogP contribution in [0.1, 0.15) is 117 Å². The van der Waals surface area contributed by atoms with E-state index in [-0.39, 0.29) is 12.4 Å². The van der Waals surface area contributed by atoms with Crippen LogP contribution in [0.15, 0.2) is 0 Å². The average Bonchev–Trinajstić information content (AvgIpc) is 2.62. The maximum atomic E-state index is 11.9. The van der Waals surface area contributed by atoms with E-state index in [0.717, 1.165) is 38.5 Å². The smallest absolute Gasteiger partial charge is 0.305 e. The van der Waals surface area contributed by atoms with Crippen molar-refractivity contribution in [3.05, 3.63) is 0 Å². The second-order valence-electron chi connectivity index (χ2n) is 7.56. The van der Waals surface area contributed by atoms with Crippen LogP contribution in [-0.4, -0.2) is 23.7 Å². The van der Waals surface area contributed by atoms with Crippen LogP contribution < -0.4 is 0 Å². The molecule has 0 saturated carbocycles. The fourth-order valence-corrected chi connectivity index (χ4v) is 3.20. The summed E-state index contributed by atoms with van der Waals surface area (Å²) in [5.74, 6) is -0.230. The zero-order chi connectivity index (χ0) is 19.5. The van der Waals surface area contributed by atoms with Crippen molar-refractivity contribution >= 4 is 11.9 Å². The van der Waals surface area contributed by atoms with Gasteiger partial charge in [0, 0.05) is 12.8 Å². The van der Waals surface area contributed by atoms with Gasteiger partial charge < -0.3 is 9.84 Å². The van der Waals surface area contributed by atoms with Crippen LogP contribution in [0.3, 0.4) is 0 Å². The van der Waals surface area contributed by atoms with E-state index in [1.54, 1.807) is 0 Å². The third-order valence-corrected chi connectivity index (χ3v) is 4.93. The highest BCUT2D eigenvalue weighted by Gasteiger charge is 2.11. The Morgan fingerprint density at radius 2 is 1.27 bits per heavy atom. The molecule has 1 unspecified atom stereocenters. The van der Waals surface area contributed by atoms with Gasteiger partial charge in [0.15, 0.2) is 0 Å². The highest BCUT2D eigenvalue weighted by Crippen LogP contribution is 2.18. The summed E-state index contributed by atoms with van der Waals surface area (Å²) in [6.07, 6.45) is 16.4. The van der Waals surface area contributed by atoms with Crippen LogP contribution in [0, 0.1) is 5.92 Å². The molecule has 0 amide bonds. The van der Waals surface area contributed by atoms with E-state index in [9.17, 15) is 9.59 Å². The van der Waals surface area contributed by atoms with Crippen LogP contribution in [0.2, 0.25) is 0 Å². The van der Waals surface area contributed by atoms with Crippen molar-refractivity contribution < 1.29 is 19.4 Å². The molecule has 0 fully saturated rings. The standard InChI is InChI=1S/C22H42O4/c1-3-5-7-12-16-20(15-6-4-2)19-26-22(25)18-14-11-9-8-10-13-17-21(23)24/h20H,3-19H2,1-2H3,(H,23,24). The summed E-state index contributed by atoms with van der Waals surface area (Å²) < 4.78 is 5.53. The minimum atomic E-state index is -0.713. The Bertz CT molecular complexity index is 341. The Morgan fingerprint density at radius 1 is 0.731 bits per heavy atom. The second-order valence-corrected chi connectivity index (χ2v) is 7.56. The van der Waals surface area contributed by atoms with E-state index in [0.29, 0.717) is 18.9 Å². The molecule has 0 saturated heterocycles. The Kier molecular flexibility index (Phi) is 18.0. The number of hydrogen-bond acceptors (Lipinski definition) is 3. The first-order valence-electron chi connectivity index (χ1n) is 11.0. The Hall–Kier alpha value is -1.06. The van der Waals surface area contributed by atoms with Gasteiger partial charge in [-0.15, -0.1) is 0 Å². The summed E-state index contributed by atoms with van der Waals surface area (Å²) in [5, 5.41) is 8.57. The molecule has 4 heteroatoms. The molecule has 0 aromatic heterocycles. The van der Waals surface area contributed by atoms with Crippen molar-refractivity contribution in [1.29, 1.82) is 0 Å². The number of ether oxygens (including phenoxy) is 1. The van der Waals surface area contributed by atoms with Gasteiger partial charge in [-0.3, -0.25) is 9.59 Å². The first-order chi connectivity index (χ1) is 12.6. The largest absolute Gasteiger partial charge is 0.481 e. The highest BCUT2D eigenvalue weighted by molar-refractivity contribution is 5.69. The predicted molar refractivity (Wildman–Crippen MR) is 107 cm³/mol. The van der Waals surface area contributed by atoms with Crippen LogP contribution >= 0.6 is 0 Å². The molecule has 1 N–H and O–H groups in total. The number of unbranched alkanes of at least 4 members (excludes halogenated alkanes) is 9. The third kappa shape index (κ3) is 17.8. The lowest BCUT2D eigenvalue weighted by Gasteiger charge is -2.16. The lowest BCUT2D eigenvalue weighted by Crippen LogP contribution is -2.14. The topological polar surface area (TPSA) is 63.6 Å². The van der Waals surface area contributed by atoms with Crippen molar-refractivity contribution in [3.8, 4) is 0 Å². The van der Waals surface area contributed by atoms with Crippen LogP contribution in [-0.2, 0) is 14.3 Å². The van der Waals surface area contributed by atoms with Gasteiger partial charge in [0.25, 0.3) is 0 Å². The minimum Gasteiger partial charge on any atom is -0.481 e. The summed E-state index contributed by atoms with van der Waals surface area (Å²) in [6, 6.07) is 0. The molecule has 0 aromatic carbocycles. The molecule has 0 aromatic rings. The number of carbonyl (C=O) groups is 2. The molecule has 0 aliphatic heterocycles. The molecule has 0 aliphatic rings. The summed E-state index contributed by atoms with van der Waals surface area (Å²) in [4.78, 5) is 22.3. The monoisotopic (exact) mass is 370 g/mol. The number of aliphatic carboxylic acids is 1. The molecule has 0 radical (unpaired) electrons. The number of hydrogen-bond donors (Lipinski definition) is 1. The Labute approximate surface area is 161 Å². The summed E-state index contributed by atoms with van der Waals surface area (Å²) >= 11 is 0. The predicted octanol–water partition coefficient (Wildman–Crippen LogP) is 6.51. The van der Waals surface area contributed by atoms with E-state index in [2.05, 4.69) is 13.8 Å². The van der Waals surface area contributed by atoms with Crippen molar-refractivity contribution in [2.75, 3.05) is 6.61 Å². The van der Waals surface area contributed by atoms with Crippen LogP contribution in [0.4, 0.5) is 0 Å². The molecule has 1 atom stereocenters. The van der Waals surface area contributed by atoms with Crippen LogP contribution in [0.5, 0.6) is 0 Å². The SMILES string of the molecule is CCCCCCC(CCCC)COC(=O)CCCCCCCCC(=O)O. The zero-order valence-corrected chi connectivity index (χ0v) is 17.3. The van der Waals surface area contributed by atoms with Gasteiger partial charge in [-0.1, -0.05) is 78.1 Å². The molecule has 4 nitrogen and oxygen atoms in total. The third-order valence-electron chi connectivity index (χ3n) is 4.93. The molecule has 0 bridgehead atoms. The van der Waals surface area contributed by atoms with Gasteiger partial charge >= 0.3 is 11.9 Å². The van der Waals surface area contributed by atoms with Gasteiger partial charge in [0.2, 0.25) is 0 Å². The lowest BCUT2D eigenvalue weighted by molar-refractivity contribution is -0.145. The highest BCUT2D eigenvalue weighted by atomic mass is 16.5. The van der Waals surface area contributed by atoms with E-state index in [1.165, 1.54) is 51.4 Å². The van der Waals surface area contributed by atoms with Gasteiger partial charge in [-0.25, -0.2) is 0 Å². The van der Waals surface area contributed by atoms with Crippen LogP contribution in [0.25, 0.3) is 0 Å². The maximum absolute atomic E-state index is 11.9. The van der Waals surface area contributed by atoms with Crippen molar-refractivity contribution in [2.45, 2.75) is 117 Å². The van der Waals surface area contributed by atoms with Crippen molar-refractivity contribution in [2.24, 2.45) is 5.92 Å². The average molecular weight is 371 g/mol. The van der Waals surface area contributed by atoms with Gasteiger partial charge in [-0.05, 0) is 31.6 Å². The Balaban J connectivity index is 3.68. The van der Waals surface area contributed by atoms with Crippen molar-refractivity contribution in [3.63, 3.8) is 0 Å². The number of esters is 1. The van der Waals surface area contributed by atoms with E-state index >= 15 is 0 Å². The quantitative estimate of drug-likeness (QED) is 0.208. The zero-order valence-electron chi connectivity index (χ0n) is 17.3. The maximum Gasteiger partial charge on any atom is 0.305 e. The number of rotatable bonds is 19. The van der Waals surface area contributed by atoms with E-state index in [1.807, 2.05) is 0 Å². The summed E-state index contributed by atoms with van der Waals surface area (Å²) in [6.45, 7) is 5.04. The number of carboxylic acids is 1. The molecule has 26 heavy (non-hydrogen) atoms. The molecule has 0 heterocycles. The first kappa shape index (κ1) is 24.9. The fourth-order valence-electron chi connectivity index (χ4n) is 3.20. The number of carboxylic acid groups (broad SMARTS) is 1. The molecule has 0 spiro atoms. The van der Waals surface area contributed by atoms with E-state index < -0.39 is 5.97 Å². The lowest BCUT2D eigenvalue weighted by atomic mass is 9.96. The molecule has 154 valence electrons. The summed E-state index contributed by atoms with van der Waals surface area (Å²) in [5.41, 5.74) is 0. The summed E-state index contributed by atoms with van der Waals surface area (Å²) in [7, 11) is 0. The number of carbonyl (C=O) groups excluding carboxylic acids is 1. The Morgan fingerprint density at radius 3 is 1.88 bits per heavy atom. The minimum absolute atomic E-state index is 0.0501. The normalized spacial score (nSPS) is 12.1.